The summed E-state index contributed by atoms with van der Waals surface area (Å²) in [5.74, 6) is -2.29. The summed E-state index contributed by atoms with van der Waals surface area (Å²) in [5.41, 5.74) is 0.967. The van der Waals surface area contributed by atoms with Crippen molar-refractivity contribution in [2.45, 2.75) is 62.7 Å². The summed E-state index contributed by atoms with van der Waals surface area (Å²) in [5, 5.41) is 63.4. The van der Waals surface area contributed by atoms with E-state index in [0.29, 0.717) is 29.0 Å². The van der Waals surface area contributed by atoms with Gasteiger partial charge in [-0.1, -0.05) is 79.7 Å². The molecule has 13 heteroatoms. The Balaban J connectivity index is 1.24. The zero-order valence-electron chi connectivity index (χ0n) is 26.9. The van der Waals surface area contributed by atoms with Gasteiger partial charge in [-0.15, -0.1) is 0 Å². The average molecular weight is 676 g/mol. The summed E-state index contributed by atoms with van der Waals surface area (Å²) in [7, 11) is 0. The lowest BCUT2D eigenvalue weighted by atomic mass is 9.83. The van der Waals surface area contributed by atoms with Gasteiger partial charge in [0.15, 0.2) is 18.0 Å². The van der Waals surface area contributed by atoms with Gasteiger partial charge in [-0.2, -0.15) is 0 Å². The summed E-state index contributed by atoms with van der Waals surface area (Å²) in [6.07, 6.45) is -5.51. The standard InChI is InChI=1S/C36H41N3O10/c1-22(8-7-13-28(41)38(18-19-40)20-23-9-3-2-4-10-23)36(48)26-11-5-6-12-27(26)39(35(36)47)21-24-14-16-25(17-15-24)37-33(45)32-30(43)29(42)31(44)34(46)49-32/h2-12,14-17,22,29-32,34,40,42-44,46,48H,13,18-21H2,1H3,(H,37,45)/b8-7+/t22-,29-,30-,31+,32-,34+,36+/m0/s1. The van der Waals surface area contributed by atoms with Crippen LogP contribution < -0.4 is 10.2 Å². The molecule has 7 N–H and O–H groups in total. The van der Waals surface area contributed by atoms with Crippen LogP contribution in [-0.2, 0) is 37.8 Å². The molecule has 7 atom stereocenters. The minimum atomic E-state index is -1.90. The van der Waals surface area contributed by atoms with E-state index in [9.17, 15) is 45.0 Å². The number of anilines is 2. The first kappa shape index (κ1) is 35.8. The maximum atomic E-state index is 13.9. The minimum absolute atomic E-state index is 0.0185. The number of fused-ring (bicyclic) bond motifs is 1. The number of aliphatic hydroxyl groups excluding tert-OH is 5. The van der Waals surface area contributed by atoms with Crippen molar-refractivity contribution >= 4 is 29.1 Å². The molecule has 3 amide bonds. The van der Waals surface area contributed by atoms with Crippen LogP contribution in [0.1, 0.15) is 30.0 Å². The second-order valence-electron chi connectivity index (χ2n) is 12.2. The first-order chi connectivity index (χ1) is 23.4. The maximum absolute atomic E-state index is 13.9. The fourth-order valence-electron chi connectivity index (χ4n) is 6.08. The Morgan fingerprint density at radius 1 is 0.939 bits per heavy atom. The highest BCUT2D eigenvalue weighted by molar-refractivity contribution is 6.07. The highest BCUT2D eigenvalue weighted by Crippen LogP contribution is 2.45. The summed E-state index contributed by atoms with van der Waals surface area (Å²) >= 11 is 0. The zero-order valence-corrected chi connectivity index (χ0v) is 26.9. The Hall–Kier alpha value is -4.47. The molecule has 0 aromatic heterocycles. The third-order valence-corrected chi connectivity index (χ3v) is 8.90. The van der Waals surface area contributed by atoms with Crippen LogP contribution in [0.2, 0.25) is 0 Å². The number of nitrogens with one attached hydrogen (secondary N) is 1. The predicted molar refractivity (Wildman–Crippen MR) is 177 cm³/mol. The lowest BCUT2D eigenvalue weighted by Crippen LogP contribution is -2.60. The third kappa shape index (κ3) is 7.58. The number of carbonyl (C=O) groups excluding carboxylic acids is 3. The molecule has 260 valence electrons. The molecule has 0 unspecified atom stereocenters. The largest absolute Gasteiger partial charge is 0.395 e. The highest BCUT2D eigenvalue weighted by Gasteiger charge is 2.52. The number of aliphatic hydroxyl groups is 6. The van der Waals surface area contributed by atoms with Crippen molar-refractivity contribution in [3.8, 4) is 0 Å². The van der Waals surface area contributed by atoms with Crippen molar-refractivity contribution in [2.75, 3.05) is 23.4 Å². The van der Waals surface area contributed by atoms with Gasteiger partial charge in [-0.25, -0.2) is 0 Å². The van der Waals surface area contributed by atoms with Crippen molar-refractivity contribution in [3.05, 3.63) is 108 Å². The number of ether oxygens (including phenoxy) is 1. The molecule has 1 saturated heterocycles. The molecular formula is C36H41N3O10. The fraction of sp³-hybridized carbons (Fsp3) is 0.361. The Morgan fingerprint density at radius 2 is 1.61 bits per heavy atom. The van der Waals surface area contributed by atoms with E-state index in [-0.39, 0.29) is 32.0 Å². The van der Waals surface area contributed by atoms with Crippen molar-refractivity contribution in [2.24, 2.45) is 5.92 Å². The number of benzene rings is 3. The van der Waals surface area contributed by atoms with Gasteiger partial charge in [-0.05, 0) is 29.3 Å². The van der Waals surface area contributed by atoms with E-state index in [1.54, 1.807) is 72.5 Å². The van der Waals surface area contributed by atoms with E-state index >= 15 is 0 Å². The van der Waals surface area contributed by atoms with E-state index < -0.39 is 54.0 Å². The van der Waals surface area contributed by atoms with E-state index in [1.165, 1.54) is 4.90 Å². The van der Waals surface area contributed by atoms with Gasteiger partial charge in [0.05, 0.1) is 18.8 Å². The van der Waals surface area contributed by atoms with Crippen LogP contribution in [0, 0.1) is 5.92 Å². The second kappa shape index (κ2) is 15.4. The molecule has 49 heavy (non-hydrogen) atoms. The van der Waals surface area contributed by atoms with E-state index in [1.807, 2.05) is 30.3 Å². The smallest absolute Gasteiger partial charge is 0.264 e. The third-order valence-electron chi connectivity index (χ3n) is 8.90. The van der Waals surface area contributed by atoms with Crippen LogP contribution in [0.25, 0.3) is 0 Å². The molecule has 1 fully saturated rings. The Morgan fingerprint density at radius 3 is 2.31 bits per heavy atom. The van der Waals surface area contributed by atoms with Gasteiger partial charge in [0.2, 0.25) is 5.91 Å². The molecule has 0 radical (unpaired) electrons. The average Bonchev–Trinajstić information content (AvgIpc) is 3.32. The quantitative estimate of drug-likeness (QED) is 0.135. The number of para-hydroxylation sites is 1. The Kier molecular flexibility index (Phi) is 11.3. The van der Waals surface area contributed by atoms with Gasteiger partial charge in [-0.3, -0.25) is 14.4 Å². The normalized spacial score (nSPS) is 25.7. The van der Waals surface area contributed by atoms with Gasteiger partial charge in [0.25, 0.3) is 11.8 Å². The summed E-state index contributed by atoms with van der Waals surface area (Å²) in [4.78, 5) is 42.6. The van der Waals surface area contributed by atoms with Gasteiger partial charge >= 0.3 is 0 Å². The highest BCUT2D eigenvalue weighted by atomic mass is 16.6. The van der Waals surface area contributed by atoms with Crippen LogP contribution in [0.5, 0.6) is 0 Å². The van der Waals surface area contributed by atoms with E-state index in [2.05, 4.69) is 5.32 Å². The molecule has 2 heterocycles. The molecule has 0 saturated carbocycles. The van der Waals surface area contributed by atoms with Crippen LogP contribution in [0.4, 0.5) is 11.4 Å². The predicted octanol–water partition coefficient (Wildman–Crippen LogP) is 0.763. The van der Waals surface area contributed by atoms with Crippen molar-refractivity contribution in [1.82, 2.24) is 4.90 Å². The molecule has 0 aliphatic carbocycles. The van der Waals surface area contributed by atoms with Crippen LogP contribution >= 0.6 is 0 Å². The Bertz CT molecular complexity index is 1650. The first-order valence-corrected chi connectivity index (χ1v) is 16.0. The summed E-state index contributed by atoms with van der Waals surface area (Å²) in [6.45, 7) is 2.14. The van der Waals surface area contributed by atoms with Gasteiger partial charge < -0.3 is 50.5 Å². The molecule has 2 aliphatic heterocycles. The molecule has 0 spiro atoms. The minimum Gasteiger partial charge on any atom is -0.395 e. The molecular weight excluding hydrogens is 634 g/mol. The topological polar surface area (TPSA) is 200 Å². The van der Waals surface area contributed by atoms with Crippen LogP contribution in [0.15, 0.2) is 91.0 Å². The maximum Gasteiger partial charge on any atom is 0.264 e. The lowest BCUT2D eigenvalue weighted by Gasteiger charge is -2.37. The molecule has 3 aromatic carbocycles. The monoisotopic (exact) mass is 675 g/mol. The molecule has 2 aliphatic rings. The van der Waals surface area contributed by atoms with Gasteiger partial charge in [0.1, 0.15) is 18.3 Å². The SMILES string of the molecule is C[C@@H](/C=C/CC(=O)N(CCO)Cc1ccccc1)[C@]1(O)C(=O)N(Cc2ccc(NC(=O)[C@H]3O[C@@H](O)[C@H](O)[C@@H](O)[C@@H]3O)cc2)c2ccccc21. The zero-order chi connectivity index (χ0) is 35.3. The first-order valence-electron chi connectivity index (χ1n) is 16.0. The Labute approximate surface area is 283 Å². The number of rotatable bonds is 12. The fourth-order valence-corrected chi connectivity index (χ4v) is 6.08. The van der Waals surface area contributed by atoms with Crippen molar-refractivity contribution in [3.63, 3.8) is 0 Å². The van der Waals surface area contributed by atoms with Crippen LogP contribution in [0.3, 0.4) is 0 Å². The number of carbonyl (C=O) groups is 3. The number of hydrogen-bond acceptors (Lipinski definition) is 10. The van der Waals surface area contributed by atoms with Crippen molar-refractivity contribution in [1.29, 1.82) is 0 Å². The van der Waals surface area contributed by atoms with E-state index in [4.69, 9.17) is 4.74 Å². The number of hydrogen-bond donors (Lipinski definition) is 7. The second-order valence-corrected chi connectivity index (χ2v) is 12.2. The molecule has 5 rings (SSSR count). The molecule has 3 aromatic rings. The summed E-state index contributed by atoms with van der Waals surface area (Å²) < 4.78 is 4.97. The lowest BCUT2D eigenvalue weighted by molar-refractivity contribution is -0.274. The number of amides is 3. The van der Waals surface area contributed by atoms with E-state index in [0.717, 1.165) is 5.56 Å². The van der Waals surface area contributed by atoms with Crippen LogP contribution in [-0.4, -0.2) is 97.1 Å². The molecule has 13 nitrogen and oxygen atoms in total. The molecule has 0 bridgehead atoms. The summed E-state index contributed by atoms with van der Waals surface area (Å²) in [6, 6.07) is 22.8. The van der Waals surface area contributed by atoms with Crippen molar-refractivity contribution < 1.29 is 49.8 Å². The van der Waals surface area contributed by atoms with Gasteiger partial charge in [0, 0.05) is 36.7 Å². The number of nitrogens with zero attached hydrogens (tertiary/aromatic N) is 2.